The van der Waals surface area contributed by atoms with Gasteiger partial charge in [-0.25, -0.2) is 0 Å². The topological polar surface area (TPSA) is 75.4 Å². The third-order valence-electron chi connectivity index (χ3n) is 3.88. The Bertz CT molecular complexity index is 462. The molecule has 0 aromatic heterocycles. The normalized spacial score (nSPS) is 22.6. The van der Waals surface area contributed by atoms with Gasteiger partial charge in [-0.3, -0.25) is 10.1 Å². The van der Waals surface area contributed by atoms with Gasteiger partial charge in [0.15, 0.2) is 0 Å². The van der Waals surface area contributed by atoms with E-state index in [0.29, 0.717) is 12.5 Å². The Kier molecular flexibility index (Phi) is 4.50. The summed E-state index contributed by atoms with van der Waals surface area (Å²) in [5.74, 6) is 0.522. The van der Waals surface area contributed by atoms with E-state index >= 15 is 0 Å². The average molecular weight is 264 g/mol. The van der Waals surface area contributed by atoms with Crippen molar-refractivity contribution in [3.63, 3.8) is 0 Å². The Balaban J connectivity index is 1.89. The first kappa shape index (κ1) is 14.0. The fourth-order valence-electron chi connectivity index (χ4n) is 2.70. The van der Waals surface area contributed by atoms with E-state index in [1.165, 1.54) is 6.07 Å². The van der Waals surface area contributed by atoms with Crippen molar-refractivity contribution in [2.24, 2.45) is 5.92 Å². The number of aliphatic hydroxyl groups is 1. The quantitative estimate of drug-likeness (QED) is 0.631. The molecule has 2 N–H and O–H groups in total. The maximum Gasteiger partial charge on any atom is 0.272 e. The highest BCUT2D eigenvalue weighted by Crippen LogP contribution is 2.25. The molecule has 19 heavy (non-hydrogen) atoms. The second kappa shape index (κ2) is 6.12. The molecular weight excluding hydrogens is 244 g/mol. The second-order valence-corrected chi connectivity index (χ2v) is 5.28. The molecule has 0 radical (unpaired) electrons. The molecule has 5 nitrogen and oxygen atoms in total. The summed E-state index contributed by atoms with van der Waals surface area (Å²) in [4.78, 5) is 10.5. The van der Waals surface area contributed by atoms with Gasteiger partial charge in [0.05, 0.1) is 11.0 Å². The van der Waals surface area contributed by atoms with Gasteiger partial charge in [0, 0.05) is 18.2 Å². The van der Waals surface area contributed by atoms with Crippen LogP contribution in [-0.4, -0.2) is 22.7 Å². The van der Waals surface area contributed by atoms with E-state index in [2.05, 4.69) is 5.32 Å². The summed E-state index contributed by atoms with van der Waals surface area (Å²) in [7, 11) is 0. The predicted octanol–water partition coefficient (Wildman–Crippen LogP) is 2.15. The molecule has 1 fully saturated rings. The van der Waals surface area contributed by atoms with Crippen molar-refractivity contribution in [3.8, 4) is 0 Å². The fourth-order valence-corrected chi connectivity index (χ4v) is 2.70. The lowest BCUT2D eigenvalue weighted by atomic mass is 10.1. The van der Waals surface area contributed by atoms with Crippen LogP contribution in [0, 0.1) is 23.0 Å². The molecule has 2 unspecified atom stereocenters. The van der Waals surface area contributed by atoms with Gasteiger partial charge in [0.1, 0.15) is 0 Å². The van der Waals surface area contributed by atoms with Crippen LogP contribution in [0.25, 0.3) is 0 Å². The van der Waals surface area contributed by atoms with E-state index in [0.717, 1.165) is 36.9 Å². The molecule has 104 valence electrons. The van der Waals surface area contributed by atoms with Gasteiger partial charge < -0.3 is 10.4 Å². The SMILES string of the molecule is Cc1c(CNCC2CCC(O)C2)cccc1[N+](=O)[O-]. The molecule has 0 heterocycles. The number of benzene rings is 1. The number of nitro groups is 1. The molecule has 0 amide bonds. The monoisotopic (exact) mass is 264 g/mol. The molecule has 1 saturated carbocycles. The summed E-state index contributed by atoms with van der Waals surface area (Å²) in [6.07, 6.45) is 2.66. The zero-order valence-corrected chi connectivity index (χ0v) is 11.1. The largest absolute Gasteiger partial charge is 0.393 e. The van der Waals surface area contributed by atoms with Crippen molar-refractivity contribution < 1.29 is 10.0 Å². The van der Waals surface area contributed by atoms with Crippen LogP contribution in [0.2, 0.25) is 0 Å². The summed E-state index contributed by atoms with van der Waals surface area (Å²) >= 11 is 0. The minimum Gasteiger partial charge on any atom is -0.393 e. The summed E-state index contributed by atoms with van der Waals surface area (Å²) in [5.41, 5.74) is 1.87. The number of hydrogen-bond donors (Lipinski definition) is 2. The van der Waals surface area contributed by atoms with Crippen molar-refractivity contribution in [1.29, 1.82) is 0 Å². The van der Waals surface area contributed by atoms with Crippen molar-refractivity contribution in [3.05, 3.63) is 39.4 Å². The van der Waals surface area contributed by atoms with E-state index in [9.17, 15) is 15.2 Å². The van der Waals surface area contributed by atoms with Crippen LogP contribution in [0.3, 0.4) is 0 Å². The maximum absolute atomic E-state index is 10.9. The first-order valence-corrected chi connectivity index (χ1v) is 6.69. The number of nitrogens with zero attached hydrogens (tertiary/aromatic N) is 1. The summed E-state index contributed by atoms with van der Waals surface area (Å²) in [6.45, 7) is 3.29. The third-order valence-corrected chi connectivity index (χ3v) is 3.88. The van der Waals surface area contributed by atoms with Crippen molar-refractivity contribution in [2.45, 2.75) is 38.8 Å². The second-order valence-electron chi connectivity index (χ2n) is 5.28. The van der Waals surface area contributed by atoms with Gasteiger partial charge in [-0.05, 0) is 44.2 Å². The summed E-state index contributed by atoms with van der Waals surface area (Å²) in [6, 6.07) is 5.17. The van der Waals surface area contributed by atoms with E-state index in [-0.39, 0.29) is 16.7 Å². The fraction of sp³-hybridized carbons (Fsp3) is 0.571. The average Bonchev–Trinajstić information content (AvgIpc) is 2.77. The lowest BCUT2D eigenvalue weighted by Gasteiger charge is -2.12. The van der Waals surface area contributed by atoms with Gasteiger partial charge in [-0.1, -0.05) is 12.1 Å². The number of nitrogens with one attached hydrogen (secondary N) is 1. The van der Waals surface area contributed by atoms with E-state index in [4.69, 9.17) is 0 Å². The van der Waals surface area contributed by atoms with Crippen LogP contribution >= 0.6 is 0 Å². The first-order chi connectivity index (χ1) is 9.08. The molecule has 0 bridgehead atoms. The Morgan fingerprint density at radius 1 is 1.47 bits per heavy atom. The molecule has 0 spiro atoms. The third kappa shape index (κ3) is 3.52. The molecule has 1 aliphatic carbocycles. The zero-order valence-electron chi connectivity index (χ0n) is 11.1. The van der Waals surface area contributed by atoms with Crippen LogP contribution in [-0.2, 0) is 6.54 Å². The minimum atomic E-state index is -0.341. The Morgan fingerprint density at radius 2 is 2.26 bits per heavy atom. The number of rotatable bonds is 5. The van der Waals surface area contributed by atoms with Crippen molar-refractivity contribution in [1.82, 2.24) is 5.32 Å². The zero-order chi connectivity index (χ0) is 13.8. The Hall–Kier alpha value is -1.46. The number of aliphatic hydroxyl groups excluding tert-OH is 1. The molecule has 1 aromatic carbocycles. The van der Waals surface area contributed by atoms with Gasteiger partial charge in [-0.15, -0.1) is 0 Å². The molecule has 1 aromatic rings. The molecule has 1 aliphatic rings. The van der Waals surface area contributed by atoms with Gasteiger partial charge in [-0.2, -0.15) is 0 Å². The van der Waals surface area contributed by atoms with Crippen molar-refractivity contribution >= 4 is 5.69 Å². The van der Waals surface area contributed by atoms with Crippen LogP contribution in [0.5, 0.6) is 0 Å². The molecule has 0 saturated heterocycles. The number of hydrogen-bond acceptors (Lipinski definition) is 4. The van der Waals surface area contributed by atoms with E-state index in [1.54, 1.807) is 13.0 Å². The van der Waals surface area contributed by atoms with Crippen LogP contribution in [0.4, 0.5) is 5.69 Å². The highest BCUT2D eigenvalue weighted by molar-refractivity contribution is 5.44. The summed E-state index contributed by atoms with van der Waals surface area (Å²) < 4.78 is 0. The Labute approximate surface area is 112 Å². The van der Waals surface area contributed by atoms with Crippen LogP contribution in [0.1, 0.15) is 30.4 Å². The predicted molar refractivity (Wildman–Crippen MR) is 72.9 cm³/mol. The highest BCUT2D eigenvalue weighted by atomic mass is 16.6. The summed E-state index contributed by atoms with van der Waals surface area (Å²) in [5, 5.41) is 23.6. The van der Waals surface area contributed by atoms with Crippen LogP contribution in [0.15, 0.2) is 18.2 Å². The molecule has 5 heteroatoms. The minimum absolute atomic E-state index is 0.147. The van der Waals surface area contributed by atoms with E-state index < -0.39 is 0 Å². The molecule has 0 aliphatic heterocycles. The van der Waals surface area contributed by atoms with E-state index in [1.807, 2.05) is 6.07 Å². The lowest BCUT2D eigenvalue weighted by molar-refractivity contribution is -0.385. The standard InChI is InChI=1S/C14H20N2O3/c1-10-12(3-2-4-14(10)16(18)19)9-15-8-11-5-6-13(17)7-11/h2-4,11,13,15,17H,5-9H2,1H3. The van der Waals surface area contributed by atoms with Gasteiger partial charge in [0.2, 0.25) is 0 Å². The Morgan fingerprint density at radius 3 is 2.89 bits per heavy atom. The lowest BCUT2D eigenvalue weighted by Crippen LogP contribution is -2.21. The highest BCUT2D eigenvalue weighted by Gasteiger charge is 2.22. The molecule has 2 rings (SSSR count). The molecular formula is C14H20N2O3. The van der Waals surface area contributed by atoms with Gasteiger partial charge in [0.25, 0.3) is 5.69 Å². The smallest absolute Gasteiger partial charge is 0.272 e. The van der Waals surface area contributed by atoms with Crippen LogP contribution < -0.4 is 5.32 Å². The van der Waals surface area contributed by atoms with Crippen molar-refractivity contribution in [2.75, 3.05) is 6.54 Å². The molecule has 2 atom stereocenters. The maximum atomic E-state index is 10.9. The number of nitro benzene ring substituents is 1. The first-order valence-electron chi connectivity index (χ1n) is 6.69. The van der Waals surface area contributed by atoms with Gasteiger partial charge >= 0.3 is 0 Å².